The highest BCUT2D eigenvalue weighted by Gasteiger charge is 2.14. The molecule has 0 saturated carbocycles. The van der Waals surface area contributed by atoms with Crippen molar-refractivity contribution >= 4 is 49.0 Å². The number of benzene rings is 2. The predicted octanol–water partition coefficient (Wildman–Crippen LogP) is 4.40. The zero-order chi connectivity index (χ0) is 16.4. The Hall–Kier alpha value is -1.57. The summed E-state index contributed by atoms with van der Waals surface area (Å²) in [6.07, 6.45) is 0. The van der Waals surface area contributed by atoms with Crippen molar-refractivity contribution in [3.63, 3.8) is 0 Å². The van der Waals surface area contributed by atoms with Crippen molar-refractivity contribution in [3.05, 3.63) is 53.6 Å². The smallest absolute Gasteiger partial charge is 0.242 e. The molecule has 4 nitrogen and oxygen atoms in total. The molecular formula is C16H16N2O2S3. The van der Waals surface area contributed by atoms with Crippen molar-refractivity contribution in [2.75, 3.05) is 9.81 Å². The lowest BCUT2D eigenvalue weighted by Gasteiger charge is -2.09. The van der Waals surface area contributed by atoms with E-state index in [-0.39, 0.29) is 5.08 Å². The molecule has 0 saturated heterocycles. The van der Waals surface area contributed by atoms with Crippen molar-refractivity contribution in [2.24, 2.45) is 0 Å². The first kappa shape index (κ1) is 16.3. The van der Waals surface area contributed by atoms with Crippen molar-refractivity contribution in [1.82, 2.24) is 4.98 Å². The van der Waals surface area contributed by atoms with Gasteiger partial charge in [0.2, 0.25) is 10.0 Å². The predicted molar refractivity (Wildman–Crippen MR) is 98.8 cm³/mol. The molecule has 7 heteroatoms. The molecule has 0 unspecified atom stereocenters. The number of thiazole rings is 1. The van der Waals surface area contributed by atoms with Crippen molar-refractivity contribution in [3.8, 4) is 0 Å². The Morgan fingerprint density at radius 3 is 2.74 bits per heavy atom. The SMILES string of the molecule is Cc1ccc2sc(SCS(=O)(=O)Nc3ccccc3C)nc2c1. The third kappa shape index (κ3) is 4.04. The van der Waals surface area contributed by atoms with Crippen molar-refractivity contribution < 1.29 is 8.42 Å². The number of sulfonamides is 1. The molecule has 0 aliphatic heterocycles. The second kappa shape index (κ2) is 6.51. The van der Waals surface area contributed by atoms with Gasteiger partial charge in [0, 0.05) is 0 Å². The molecule has 0 radical (unpaired) electrons. The molecule has 0 atom stereocenters. The molecule has 0 bridgehead atoms. The van der Waals surface area contributed by atoms with Gasteiger partial charge in [0.15, 0.2) is 4.34 Å². The fourth-order valence-electron chi connectivity index (χ4n) is 2.09. The zero-order valence-corrected chi connectivity index (χ0v) is 15.2. The van der Waals surface area contributed by atoms with E-state index in [4.69, 9.17) is 0 Å². The highest BCUT2D eigenvalue weighted by Crippen LogP contribution is 2.31. The molecule has 0 aliphatic rings. The van der Waals surface area contributed by atoms with E-state index < -0.39 is 10.0 Å². The van der Waals surface area contributed by atoms with Gasteiger partial charge < -0.3 is 0 Å². The number of para-hydroxylation sites is 1. The van der Waals surface area contributed by atoms with Crippen LogP contribution in [0.1, 0.15) is 11.1 Å². The Kier molecular flexibility index (Phi) is 4.61. The summed E-state index contributed by atoms with van der Waals surface area (Å²) in [6, 6.07) is 13.4. The second-order valence-electron chi connectivity index (χ2n) is 5.24. The summed E-state index contributed by atoms with van der Waals surface area (Å²) < 4.78 is 28.9. The van der Waals surface area contributed by atoms with Crippen LogP contribution in [0.15, 0.2) is 46.8 Å². The molecule has 0 spiro atoms. The topological polar surface area (TPSA) is 59.1 Å². The quantitative estimate of drug-likeness (QED) is 0.682. The number of aromatic nitrogens is 1. The normalized spacial score (nSPS) is 11.7. The van der Waals surface area contributed by atoms with Gasteiger partial charge in [-0.3, -0.25) is 4.72 Å². The maximum atomic E-state index is 12.2. The monoisotopic (exact) mass is 364 g/mol. The van der Waals surface area contributed by atoms with Crippen LogP contribution in [0.2, 0.25) is 0 Å². The van der Waals surface area contributed by atoms with Crippen LogP contribution in [0.3, 0.4) is 0 Å². The maximum absolute atomic E-state index is 12.2. The molecule has 3 rings (SSSR count). The molecule has 120 valence electrons. The van der Waals surface area contributed by atoms with Crippen LogP contribution in [0.5, 0.6) is 0 Å². The van der Waals surface area contributed by atoms with Crippen molar-refractivity contribution in [1.29, 1.82) is 0 Å². The summed E-state index contributed by atoms with van der Waals surface area (Å²) in [5, 5.41) is -0.0554. The fourth-order valence-corrected chi connectivity index (χ4v) is 5.69. The Balaban J connectivity index is 1.72. The van der Waals surface area contributed by atoms with Crippen LogP contribution in [0.25, 0.3) is 10.2 Å². The fraction of sp³-hybridized carbons (Fsp3) is 0.188. The summed E-state index contributed by atoms with van der Waals surface area (Å²) in [4.78, 5) is 4.49. The van der Waals surface area contributed by atoms with E-state index in [0.717, 1.165) is 25.7 Å². The molecule has 2 aromatic carbocycles. The number of hydrogen-bond acceptors (Lipinski definition) is 5. The number of thioether (sulfide) groups is 1. The molecule has 0 aliphatic carbocycles. The van der Waals surface area contributed by atoms with Crippen molar-refractivity contribution in [2.45, 2.75) is 18.2 Å². The minimum Gasteiger partial charge on any atom is -0.283 e. The van der Waals surface area contributed by atoms with Crippen LogP contribution in [-0.4, -0.2) is 18.5 Å². The summed E-state index contributed by atoms with van der Waals surface area (Å²) in [5.74, 6) is 0. The highest BCUT2D eigenvalue weighted by molar-refractivity contribution is 8.13. The van der Waals surface area contributed by atoms with Gasteiger partial charge in [-0.1, -0.05) is 36.0 Å². The Morgan fingerprint density at radius 2 is 1.96 bits per heavy atom. The van der Waals surface area contributed by atoms with E-state index in [2.05, 4.69) is 9.71 Å². The lowest BCUT2D eigenvalue weighted by molar-refractivity contribution is 0.605. The number of nitrogens with zero attached hydrogens (tertiary/aromatic N) is 1. The molecule has 23 heavy (non-hydrogen) atoms. The zero-order valence-electron chi connectivity index (χ0n) is 12.7. The average Bonchev–Trinajstić information content (AvgIpc) is 2.90. The number of aryl methyl sites for hydroxylation is 2. The molecular weight excluding hydrogens is 348 g/mol. The molecule has 1 N–H and O–H groups in total. The molecule has 3 aromatic rings. The Morgan fingerprint density at radius 1 is 1.17 bits per heavy atom. The van der Waals surface area contributed by atoms with E-state index in [0.29, 0.717) is 5.69 Å². The third-order valence-electron chi connectivity index (χ3n) is 3.27. The lowest BCUT2D eigenvalue weighted by atomic mass is 10.2. The van der Waals surface area contributed by atoms with E-state index >= 15 is 0 Å². The van der Waals surface area contributed by atoms with Crippen LogP contribution >= 0.6 is 23.1 Å². The van der Waals surface area contributed by atoms with Gasteiger partial charge in [0.1, 0.15) is 5.08 Å². The molecule has 0 fully saturated rings. The number of hydrogen-bond donors (Lipinski definition) is 1. The highest BCUT2D eigenvalue weighted by atomic mass is 32.3. The molecule has 1 aromatic heterocycles. The summed E-state index contributed by atoms with van der Waals surface area (Å²) in [7, 11) is -3.42. The summed E-state index contributed by atoms with van der Waals surface area (Å²) >= 11 is 2.76. The van der Waals surface area contributed by atoms with Gasteiger partial charge in [0.25, 0.3) is 0 Å². The summed E-state index contributed by atoms with van der Waals surface area (Å²) in [5.41, 5.74) is 3.58. The molecule has 1 heterocycles. The number of fused-ring (bicyclic) bond motifs is 1. The maximum Gasteiger partial charge on any atom is 0.242 e. The van der Waals surface area contributed by atoms with E-state index in [1.54, 1.807) is 6.07 Å². The first-order valence-corrected chi connectivity index (χ1v) is 10.4. The lowest BCUT2D eigenvalue weighted by Crippen LogP contribution is -2.15. The third-order valence-corrected chi connectivity index (χ3v) is 7.29. The van der Waals surface area contributed by atoms with Crippen LogP contribution < -0.4 is 4.72 Å². The van der Waals surface area contributed by atoms with Crippen LogP contribution in [0.4, 0.5) is 5.69 Å². The minimum atomic E-state index is -3.42. The Bertz CT molecular complexity index is 949. The number of anilines is 1. The van der Waals surface area contributed by atoms with Gasteiger partial charge >= 0.3 is 0 Å². The van der Waals surface area contributed by atoms with E-state index in [1.807, 2.05) is 50.2 Å². The van der Waals surface area contributed by atoms with Gasteiger partial charge in [-0.25, -0.2) is 13.4 Å². The van der Waals surface area contributed by atoms with E-state index in [1.165, 1.54) is 23.1 Å². The van der Waals surface area contributed by atoms with Crippen LogP contribution in [-0.2, 0) is 10.0 Å². The largest absolute Gasteiger partial charge is 0.283 e. The number of rotatable bonds is 5. The second-order valence-corrected chi connectivity index (χ2v) is 9.59. The first-order valence-electron chi connectivity index (χ1n) is 6.99. The van der Waals surface area contributed by atoms with Gasteiger partial charge in [-0.05, 0) is 43.2 Å². The minimum absolute atomic E-state index is 0.0554. The van der Waals surface area contributed by atoms with E-state index in [9.17, 15) is 8.42 Å². The summed E-state index contributed by atoms with van der Waals surface area (Å²) in [6.45, 7) is 3.89. The van der Waals surface area contributed by atoms with Gasteiger partial charge in [-0.2, -0.15) is 0 Å². The average molecular weight is 365 g/mol. The van der Waals surface area contributed by atoms with Crippen LogP contribution in [0, 0.1) is 13.8 Å². The molecule has 0 amide bonds. The Labute approximate surface area is 144 Å². The van der Waals surface area contributed by atoms with Gasteiger partial charge in [0.05, 0.1) is 15.9 Å². The number of nitrogens with one attached hydrogen (secondary N) is 1. The van der Waals surface area contributed by atoms with Gasteiger partial charge in [-0.15, -0.1) is 11.3 Å². The first-order chi connectivity index (χ1) is 10.9. The standard InChI is InChI=1S/C16H16N2O2S3/c1-11-7-8-15-14(9-11)17-16(22-15)21-10-23(19,20)18-13-6-4-3-5-12(13)2/h3-9,18H,10H2,1-2H3.